The van der Waals surface area contributed by atoms with Crippen molar-refractivity contribution in [3.8, 4) is 5.75 Å². The first-order valence-corrected chi connectivity index (χ1v) is 4.27. The normalized spacial score (nSPS) is 12.0. The molecule has 2 N–H and O–H groups in total. The van der Waals surface area contributed by atoms with Gasteiger partial charge < -0.3 is 15.2 Å². The number of halogens is 1. The van der Waals surface area contributed by atoms with Crippen LogP contribution in [0.1, 0.15) is 11.6 Å². The molecule has 0 heterocycles. The van der Waals surface area contributed by atoms with Gasteiger partial charge in [-0.2, -0.15) is 0 Å². The van der Waals surface area contributed by atoms with Gasteiger partial charge in [-0.05, 0) is 12.1 Å². The summed E-state index contributed by atoms with van der Waals surface area (Å²) in [6, 6.07) is 3.04. The van der Waals surface area contributed by atoms with Crippen LogP contribution >= 0.6 is 0 Å². The Labute approximate surface area is 86.8 Å². The SMILES string of the molecule is COC(=O)[C@@H](N)c1c(F)cccc1OC. The van der Waals surface area contributed by atoms with Crippen molar-refractivity contribution in [2.75, 3.05) is 14.2 Å². The van der Waals surface area contributed by atoms with E-state index in [1.165, 1.54) is 32.4 Å². The van der Waals surface area contributed by atoms with E-state index in [0.717, 1.165) is 0 Å². The number of nitrogens with two attached hydrogens (primary N) is 1. The Kier molecular flexibility index (Phi) is 3.62. The third-order valence-corrected chi connectivity index (χ3v) is 2.00. The molecule has 0 saturated heterocycles. The summed E-state index contributed by atoms with van der Waals surface area (Å²) in [6.45, 7) is 0. The lowest BCUT2D eigenvalue weighted by molar-refractivity contribution is -0.142. The van der Waals surface area contributed by atoms with Crippen molar-refractivity contribution in [1.29, 1.82) is 0 Å². The number of rotatable bonds is 3. The monoisotopic (exact) mass is 213 g/mol. The smallest absolute Gasteiger partial charge is 0.327 e. The second-order valence-corrected chi connectivity index (χ2v) is 2.86. The van der Waals surface area contributed by atoms with Crippen LogP contribution in [-0.2, 0) is 9.53 Å². The third-order valence-electron chi connectivity index (χ3n) is 2.00. The highest BCUT2D eigenvalue weighted by Crippen LogP contribution is 2.26. The first-order valence-electron chi connectivity index (χ1n) is 4.27. The largest absolute Gasteiger partial charge is 0.496 e. The fourth-order valence-corrected chi connectivity index (χ4v) is 1.24. The van der Waals surface area contributed by atoms with Crippen LogP contribution in [0.15, 0.2) is 18.2 Å². The Morgan fingerprint density at radius 3 is 2.67 bits per heavy atom. The quantitative estimate of drug-likeness (QED) is 0.761. The van der Waals surface area contributed by atoms with Crippen molar-refractivity contribution in [2.45, 2.75) is 6.04 Å². The van der Waals surface area contributed by atoms with E-state index in [2.05, 4.69) is 4.74 Å². The van der Waals surface area contributed by atoms with E-state index in [9.17, 15) is 9.18 Å². The molecule has 1 rings (SSSR count). The van der Waals surface area contributed by atoms with Gasteiger partial charge in [0, 0.05) is 0 Å². The van der Waals surface area contributed by atoms with Gasteiger partial charge in [0.1, 0.15) is 17.6 Å². The number of carbonyl (C=O) groups is 1. The van der Waals surface area contributed by atoms with Gasteiger partial charge in [0.05, 0.1) is 19.8 Å². The first kappa shape index (κ1) is 11.5. The molecule has 0 aliphatic rings. The lowest BCUT2D eigenvalue weighted by atomic mass is 10.1. The van der Waals surface area contributed by atoms with Gasteiger partial charge in [0.25, 0.3) is 0 Å². The number of hydrogen-bond donors (Lipinski definition) is 1. The maximum absolute atomic E-state index is 13.4. The number of carbonyl (C=O) groups excluding carboxylic acids is 1. The van der Waals surface area contributed by atoms with E-state index in [-0.39, 0.29) is 11.3 Å². The summed E-state index contributed by atoms with van der Waals surface area (Å²) in [5, 5.41) is 0. The van der Waals surface area contributed by atoms with Crippen LogP contribution in [0.25, 0.3) is 0 Å². The Balaban J connectivity index is 3.16. The molecule has 0 amide bonds. The summed E-state index contributed by atoms with van der Waals surface area (Å²) < 4.78 is 22.8. The maximum atomic E-state index is 13.4. The molecular weight excluding hydrogens is 201 g/mol. The number of hydrogen-bond acceptors (Lipinski definition) is 4. The van der Waals surface area contributed by atoms with Crippen LogP contribution in [0.5, 0.6) is 5.75 Å². The van der Waals surface area contributed by atoms with E-state index in [0.29, 0.717) is 0 Å². The number of ether oxygens (including phenoxy) is 2. The summed E-state index contributed by atoms with van der Waals surface area (Å²) in [5.74, 6) is -1.07. The van der Waals surface area contributed by atoms with Crippen LogP contribution in [-0.4, -0.2) is 20.2 Å². The second-order valence-electron chi connectivity index (χ2n) is 2.86. The molecule has 0 aromatic heterocycles. The van der Waals surface area contributed by atoms with Crippen molar-refractivity contribution in [1.82, 2.24) is 0 Å². The van der Waals surface area contributed by atoms with E-state index in [4.69, 9.17) is 10.5 Å². The molecule has 0 bridgehead atoms. The standard InChI is InChI=1S/C10H12FNO3/c1-14-7-5-3-4-6(11)8(7)9(12)10(13)15-2/h3-5,9H,12H2,1-2H3/t9-/m0/s1. The predicted octanol–water partition coefficient (Wildman–Crippen LogP) is 1.01. The number of benzene rings is 1. The minimum atomic E-state index is -1.17. The van der Waals surface area contributed by atoms with E-state index < -0.39 is 17.8 Å². The summed E-state index contributed by atoms with van der Waals surface area (Å²) in [5.41, 5.74) is 5.54. The van der Waals surface area contributed by atoms with Crippen molar-refractivity contribution < 1.29 is 18.7 Å². The molecule has 0 spiro atoms. The van der Waals surface area contributed by atoms with Gasteiger partial charge in [-0.3, -0.25) is 4.79 Å². The fourth-order valence-electron chi connectivity index (χ4n) is 1.24. The molecule has 5 heteroatoms. The highest BCUT2D eigenvalue weighted by molar-refractivity contribution is 5.78. The number of methoxy groups -OCH3 is 2. The molecule has 0 aliphatic carbocycles. The lowest BCUT2D eigenvalue weighted by Gasteiger charge is -2.14. The van der Waals surface area contributed by atoms with Gasteiger partial charge in [0.2, 0.25) is 0 Å². The minimum Gasteiger partial charge on any atom is -0.496 e. The van der Waals surface area contributed by atoms with Crippen LogP contribution in [0.4, 0.5) is 4.39 Å². The molecule has 0 saturated carbocycles. The molecule has 0 unspecified atom stereocenters. The Morgan fingerprint density at radius 2 is 2.13 bits per heavy atom. The van der Waals surface area contributed by atoms with Gasteiger partial charge >= 0.3 is 5.97 Å². The molecule has 4 nitrogen and oxygen atoms in total. The van der Waals surface area contributed by atoms with E-state index in [1.807, 2.05) is 0 Å². The zero-order valence-corrected chi connectivity index (χ0v) is 8.49. The topological polar surface area (TPSA) is 61.5 Å². The van der Waals surface area contributed by atoms with Crippen LogP contribution in [0.3, 0.4) is 0 Å². The Morgan fingerprint density at radius 1 is 1.47 bits per heavy atom. The molecule has 0 aliphatic heterocycles. The zero-order valence-electron chi connectivity index (χ0n) is 8.49. The molecule has 15 heavy (non-hydrogen) atoms. The van der Waals surface area contributed by atoms with Crippen molar-refractivity contribution >= 4 is 5.97 Å². The molecule has 1 aromatic carbocycles. The molecule has 0 radical (unpaired) electrons. The second kappa shape index (κ2) is 4.75. The molecular formula is C10H12FNO3. The van der Waals surface area contributed by atoms with E-state index in [1.54, 1.807) is 0 Å². The predicted molar refractivity (Wildman–Crippen MR) is 51.9 cm³/mol. The highest BCUT2D eigenvalue weighted by atomic mass is 19.1. The molecule has 1 aromatic rings. The molecule has 1 atom stereocenters. The third kappa shape index (κ3) is 2.24. The van der Waals surface area contributed by atoms with Gasteiger partial charge in [-0.1, -0.05) is 6.07 Å². The minimum absolute atomic E-state index is 0.00634. The zero-order chi connectivity index (χ0) is 11.4. The van der Waals surface area contributed by atoms with E-state index >= 15 is 0 Å². The van der Waals surface area contributed by atoms with Gasteiger partial charge in [-0.15, -0.1) is 0 Å². The molecule has 0 fully saturated rings. The van der Waals surface area contributed by atoms with Crippen molar-refractivity contribution in [3.63, 3.8) is 0 Å². The van der Waals surface area contributed by atoms with Crippen LogP contribution in [0.2, 0.25) is 0 Å². The van der Waals surface area contributed by atoms with Gasteiger partial charge in [-0.25, -0.2) is 4.39 Å². The van der Waals surface area contributed by atoms with Gasteiger partial charge in [0.15, 0.2) is 0 Å². The van der Waals surface area contributed by atoms with Crippen LogP contribution in [0, 0.1) is 5.82 Å². The average molecular weight is 213 g/mol. The van der Waals surface area contributed by atoms with Crippen LogP contribution < -0.4 is 10.5 Å². The fraction of sp³-hybridized carbons (Fsp3) is 0.300. The summed E-state index contributed by atoms with van der Waals surface area (Å²) in [4.78, 5) is 11.2. The maximum Gasteiger partial charge on any atom is 0.327 e. The summed E-state index contributed by atoms with van der Waals surface area (Å²) in [6.07, 6.45) is 0. The van der Waals surface area contributed by atoms with Crippen molar-refractivity contribution in [2.24, 2.45) is 5.73 Å². The highest BCUT2D eigenvalue weighted by Gasteiger charge is 2.23. The molecule has 82 valence electrons. The van der Waals surface area contributed by atoms with Crippen molar-refractivity contribution in [3.05, 3.63) is 29.6 Å². The Bertz CT molecular complexity index is 368. The average Bonchev–Trinajstić information content (AvgIpc) is 2.26. The lowest BCUT2D eigenvalue weighted by Crippen LogP contribution is -2.24. The summed E-state index contributed by atoms with van der Waals surface area (Å²) >= 11 is 0. The summed E-state index contributed by atoms with van der Waals surface area (Å²) in [7, 11) is 2.57. The Hall–Kier alpha value is -1.62. The number of esters is 1. The first-order chi connectivity index (χ1) is 7.11.